The smallest absolute Gasteiger partial charge is 0.213 e. The monoisotopic (exact) mass is 414 g/mol. The molecule has 0 N–H and O–H groups in total. The van der Waals surface area contributed by atoms with Gasteiger partial charge in [-0.1, -0.05) is 0 Å². The van der Waals surface area contributed by atoms with Crippen LogP contribution in [-0.4, -0.2) is 67.5 Å². The van der Waals surface area contributed by atoms with Crippen LogP contribution >= 0.6 is 0 Å². The lowest BCUT2D eigenvalue weighted by atomic mass is 10.2. The normalized spacial score (nSPS) is 10.9. The van der Waals surface area contributed by atoms with Crippen molar-refractivity contribution < 1.29 is 23.7 Å². The molecule has 0 amide bonds. The third-order valence-electron chi connectivity index (χ3n) is 4.25. The number of methoxy groups -OCH3 is 3. The first-order valence-electron chi connectivity index (χ1n) is 9.50. The minimum atomic E-state index is 0.292. The second-order valence-electron chi connectivity index (χ2n) is 6.25. The molecule has 1 aromatic carbocycles. The summed E-state index contributed by atoms with van der Waals surface area (Å²) in [7, 11) is 4.86. The number of pyridine rings is 1. The van der Waals surface area contributed by atoms with Gasteiger partial charge in [0.2, 0.25) is 5.88 Å². The molecule has 0 saturated heterocycles. The van der Waals surface area contributed by atoms with Gasteiger partial charge in [-0.2, -0.15) is 0 Å². The van der Waals surface area contributed by atoms with E-state index in [0.29, 0.717) is 50.6 Å². The fourth-order valence-electron chi connectivity index (χ4n) is 2.74. The lowest BCUT2D eigenvalue weighted by molar-refractivity contribution is 0.0580. The fourth-order valence-corrected chi connectivity index (χ4v) is 2.74. The molecule has 0 radical (unpaired) electrons. The molecule has 0 saturated carbocycles. The Kier molecular flexibility index (Phi) is 8.13. The molecule has 3 aromatic rings. The van der Waals surface area contributed by atoms with Crippen LogP contribution in [-0.2, 0) is 20.8 Å². The number of ether oxygens (including phenoxy) is 5. The van der Waals surface area contributed by atoms with E-state index in [0.717, 1.165) is 17.0 Å². The van der Waals surface area contributed by atoms with Crippen molar-refractivity contribution in [2.45, 2.75) is 6.61 Å². The molecule has 0 aliphatic carbocycles. The quantitative estimate of drug-likeness (QED) is 0.418. The Bertz CT molecular complexity index is 897. The number of rotatable bonds is 12. The van der Waals surface area contributed by atoms with Gasteiger partial charge in [0.05, 0.1) is 38.8 Å². The maximum atomic E-state index is 5.67. The van der Waals surface area contributed by atoms with Gasteiger partial charge in [-0.05, 0) is 30.3 Å². The average Bonchev–Trinajstić information content (AvgIpc) is 3.21. The number of hydrogen-bond acceptors (Lipinski definition) is 8. The van der Waals surface area contributed by atoms with Crippen molar-refractivity contribution in [3.8, 4) is 28.7 Å². The van der Waals surface area contributed by atoms with Crippen molar-refractivity contribution >= 4 is 0 Å². The predicted octanol–water partition coefficient (Wildman–Crippen LogP) is 2.53. The van der Waals surface area contributed by atoms with Gasteiger partial charge in [0, 0.05) is 25.8 Å². The van der Waals surface area contributed by atoms with Crippen LogP contribution in [0.3, 0.4) is 0 Å². The van der Waals surface area contributed by atoms with Crippen LogP contribution in [0.1, 0.15) is 5.82 Å². The molecular weight excluding hydrogens is 388 g/mol. The second-order valence-corrected chi connectivity index (χ2v) is 6.25. The van der Waals surface area contributed by atoms with Crippen molar-refractivity contribution in [2.75, 3.05) is 47.8 Å². The summed E-state index contributed by atoms with van der Waals surface area (Å²) in [5, 5.41) is 8.72. The Labute approximate surface area is 175 Å². The molecule has 9 heteroatoms. The SMILES string of the molecule is COCCOCc1nnc(-c2ccc(OCCOC)cc2)n1-c1ccc(OC)nc1. The van der Waals surface area contributed by atoms with Gasteiger partial charge in [0.15, 0.2) is 11.6 Å². The van der Waals surface area contributed by atoms with Crippen LogP contribution in [0, 0.1) is 0 Å². The number of hydrogen-bond donors (Lipinski definition) is 0. The van der Waals surface area contributed by atoms with E-state index in [2.05, 4.69) is 15.2 Å². The van der Waals surface area contributed by atoms with Crippen LogP contribution < -0.4 is 9.47 Å². The Balaban J connectivity index is 1.88. The lowest BCUT2D eigenvalue weighted by Crippen LogP contribution is -2.08. The van der Waals surface area contributed by atoms with Gasteiger partial charge in [-0.25, -0.2) is 4.98 Å². The number of aromatic nitrogens is 4. The van der Waals surface area contributed by atoms with Crippen molar-refractivity contribution in [1.82, 2.24) is 19.7 Å². The first-order valence-corrected chi connectivity index (χ1v) is 9.50. The predicted molar refractivity (Wildman–Crippen MR) is 110 cm³/mol. The summed E-state index contributed by atoms with van der Waals surface area (Å²) in [4.78, 5) is 4.30. The van der Waals surface area contributed by atoms with E-state index in [1.165, 1.54) is 0 Å². The second kappa shape index (κ2) is 11.2. The van der Waals surface area contributed by atoms with Gasteiger partial charge in [-0.15, -0.1) is 10.2 Å². The van der Waals surface area contributed by atoms with Gasteiger partial charge in [-0.3, -0.25) is 4.57 Å². The molecule has 0 atom stereocenters. The third-order valence-corrected chi connectivity index (χ3v) is 4.25. The fraction of sp³-hybridized carbons (Fsp3) is 0.381. The number of nitrogens with zero attached hydrogens (tertiary/aromatic N) is 4. The van der Waals surface area contributed by atoms with Gasteiger partial charge >= 0.3 is 0 Å². The first-order chi connectivity index (χ1) is 14.8. The minimum Gasteiger partial charge on any atom is -0.491 e. The molecule has 30 heavy (non-hydrogen) atoms. The van der Waals surface area contributed by atoms with Crippen LogP contribution in [0.15, 0.2) is 42.6 Å². The maximum absolute atomic E-state index is 5.67. The molecule has 0 fully saturated rings. The van der Waals surface area contributed by atoms with Crippen LogP contribution in [0.2, 0.25) is 0 Å². The summed E-state index contributed by atoms with van der Waals surface area (Å²) in [6.07, 6.45) is 1.71. The van der Waals surface area contributed by atoms with Gasteiger partial charge in [0.25, 0.3) is 0 Å². The highest BCUT2D eigenvalue weighted by atomic mass is 16.5. The van der Waals surface area contributed by atoms with Crippen molar-refractivity contribution in [3.05, 3.63) is 48.4 Å². The van der Waals surface area contributed by atoms with Crippen LogP contribution in [0.25, 0.3) is 17.1 Å². The molecule has 160 valence electrons. The molecule has 0 spiro atoms. The molecule has 2 aromatic heterocycles. The van der Waals surface area contributed by atoms with Crippen LogP contribution in [0.5, 0.6) is 11.6 Å². The zero-order chi connectivity index (χ0) is 21.2. The van der Waals surface area contributed by atoms with E-state index in [9.17, 15) is 0 Å². The van der Waals surface area contributed by atoms with E-state index in [4.69, 9.17) is 23.7 Å². The van der Waals surface area contributed by atoms with Gasteiger partial charge in [0.1, 0.15) is 19.0 Å². The van der Waals surface area contributed by atoms with Crippen molar-refractivity contribution in [2.24, 2.45) is 0 Å². The summed E-state index contributed by atoms with van der Waals surface area (Å²) in [6, 6.07) is 11.4. The Morgan fingerprint density at radius 3 is 2.27 bits per heavy atom. The number of benzene rings is 1. The largest absolute Gasteiger partial charge is 0.491 e. The highest BCUT2D eigenvalue weighted by Crippen LogP contribution is 2.25. The molecule has 0 bridgehead atoms. The molecular formula is C21H26N4O5. The van der Waals surface area contributed by atoms with Crippen LogP contribution in [0.4, 0.5) is 0 Å². The minimum absolute atomic E-state index is 0.292. The summed E-state index contributed by atoms with van der Waals surface area (Å²) < 4.78 is 28.4. The zero-order valence-electron chi connectivity index (χ0n) is 17.4. The average molecular weight is 414 g/mol. The third kappa shape index (κ3) is 5.53. The highest BCUT2D eigenvalue weighted by molar-refractivity contribution is 5.59. The van der Waals surface area contributed by atoms with Crippen molar-refractivity contribution in [1.29, 1.82) is 0 Å². The molecule has 2 heterocycles. The highest BCUT2D eigenvalue weighted by Gasteiger charge is 2.16. The Hall–Kier alpha value is -3.01. The topological polar surface area (TPSA) is 89.8 Å². The van der Waals surface area contributed by atoms with E-state index in [1.54, 1.807) is 33.6 Å². The molecule has 0 aliphatic heterocycles. The standard InChI is InChI=1S/C21H26N4O5/c1-26-10-12-29-15-19-23-24-21(25(19)17-6-9-20(28-3)22-14-17)16-4-7-18(8-5-16)30-13-11-27-2/h4-9,14H,10-13,15H2,1-3H3. The molecule has 0 aliphatic rings. The summed E-state index contributed by atoms with van der Waals surface area (Å²) in [5.41, 5.74) is 1.70. The molecule has 3 rings (SSSR count). The van der Waals surface area contributed by atoms with E-state index in [-0.39, 0.29) is 0 Å². The van der Waals surface area contributed by atoms with Gasteiger partial charge < -0.3 is 23.7 Å². The molecule has 9 nitrogen and oxygen atoms in total. The zero-order valence-corrected chi connectivity index (χ0v) is 17.4. The van der Waals surface area contributed by atoms with E-state index >= 15 is 0 Å². The summed E-state index contributed by atoms with van der Waals surface area (Å²) >= 11 is 0. The van der Waals surface area contributed by atoms with E-state index in [1.807, 2.05) is 34.9 Å². The molecule has 0 unspecified atom stereocenters. The Morgan fingerprint density at radius 1 is 0.833 bits per heavy atom. The lowest BCUT2D eigenvalue weighted by Gasteiger charge is -2.12. The Morgan fingerprint density at radius 2 is 1.60 bits per heavy atom. The van der Waals surface area contributed by atoms with E-state index < -0.39 is 0 Å². The maximum Gasteiger partial charge on any atom is 0.213 e. The van der Waals surface area contributed by atoms with Crippen molar-refractivity contribution in [3.63, 3.8) is 0 Å². The summed E-state index contributed by atoms with van der Waals surface area (Å²) in [6.45, 7) is 2.29. The first kappa shape index (κ1) is 21.7. The summed E-state index contributed by atoms with van der Waals surface area (Å²) in [5.74, 6) is 2.63.